The molecule has 0 aliphatic heterocycles. The average Bonchev–Trinajstić information content (AvgIpc) is 2.94. The number of rotatable bonds is 12. The van der Waals surface area contributed by atoms with Gasteiger partial charge in [-0.15, -0.1) is 0 Å². The molecule has 0 spiro atoms. The van der Waals surface area contributed by atoms with Crippen LogP contribution in [0.3, 0.4) is 0 Å². The van der Waals surface area contributed by atoms with E-state index in [0.717, 1.165) is 27.4 Å². The first-order valence-electron chi connectivity index (χ1n) is 13.9. The highest BCUT2D eigenvalue weighted by molar-refractivity contribution is 7.92. The van der Waals surface area contributed by atoms with E-state index in [1.54, 1.807) is 54.6 Å². The SMILES string of the molecule is CC[C@H](C(=O)N[C@@H](C)CC)N(Cc1ccc(Cl)cc1)C(=O)CN(c1cc(C)ccc1C)S(=O)(=O)c1ccc(C)cc1. The fraction of sp³-hybridized carbons (Fsp3) is 0.375. The van der Waals surface area contributed by atoms with Gasteiger partial charge in [0.1, 0.15) is 12.6 Å². The fourth-order valence-electron chi connectivity index (χ4n) is 4.49. The number of hydrogen-bond donors (Lipinski definition) is 1. The average molecular weight is 598 g/mol. The van der Waals surface area contributed by atoms with E-state index in [9.17, 15) is 18.0 Å². The van der Waals surface area contributed by atoms with Crippen LogP contribution in [0, 0.1) is 20.8 Å². The zero-order valence-corrected chi connectivity index (χ0v) is 26.2. The van der Waals surface area contributed by atoms with Crippen LogP contribution in [0.4, 0.5) is 5.69 Å². The predicted molar refractivity (Wildman–Crippen MR) is 166 cm³/mol. The summed E-state index contributed by atoms with van der Waals surface area (Å²) in [5.41, 5.74) is 3.69. The molecule has 0 heterocycles. The molecular formula is C32H40ClN3O4S. The minimum Gasteiger partial charge on any atom is -0.352 e. The number of sulfonamides is 1. The second-order valence-corrected chi connectivity index (χ2v) is 12.8. The maximum atomic E-state index is 14.2. The summed E-state index contributed by atoms with van der Waals surface area (Å²) in [6, 6.07) is 18.3. The summed E-state index contributed by atoms with van der Waals surface area (Å²) < 4.78 is 29.3. The Morgan fingerprint density at radius 3 is 2.07 bits per heavy atom. The molecule has 3 aromatic rings. The van der Waals surface area contributed by atoms with Crippen LogP contribution >= 0.6 is 11.6 Å². The van der Waals surface area contributed by atoms with Crippen molar-refractivity contribution >= 4 is 39.1 Å². The highest BCUT2D eigenvalue weighted by Crippen LogP contribution is 2.29. The second kappa shape index (κ2) is 14.0. The molecule has 0 saturated carbocycles. The van der Waals surface area contributed by atoms with Crippen molar-refractivity contribution in [3.05, 3.63) is 94.0 Å². The molecule has 41 heavy (non-hydrogen) atoms. The lowest BCUT2D eigenvalue weighted by molar-refractivity contribution is -0.140. The molecule has 0 radical (unpaired) electrons. The summed E-state index contributed by atoms with van der Waals surface area (Å²) in [6.45, 7) is 10.9. The van der Waals surface area contributed by atoms with Crippen LogP contribution in [0.15, 0.2) is 71.6 Å². The third kappa shape index (κ3) is 8.11. The number of aryl methyl sites for hydroxylation is 3. The van der Waals surface area contributed by atoms with Gasteiger partial charge >= 0.3 is 0 Å². The Hall–Kier alpha value is -3.36. The molecule has 3 rings (SSSR count). The van der Waals surface area contributed by atoms with Crippen LogP contribution in [0.1, 0.15) is 55.9 Å². The molecule has 7 nitrogen and oxygen atoms in total. The van der Waals surface area contributed by atoms with E-state index in [4.69, 9.17) is 11.6 Å². The van der Waals surface area contributed by atoms with Gasteiger partial charge in [-0.05, 0) is 87.6 Å². The van der Waals surface area contributed by atoms with Crippen molar-refractivity contribution in [2.45, 2.75) is 77.9 Å². The summed E-state index contributed by atoms with van der Waals surface area (Å²) in [5, 5.41) is 3.54. The van der Waals surface area contributed by atoms with Gasteiger partial charge in [0.15, 0.2) is 0 Å². The number of anilines is 1. The molecule has 0 unspecified atom stereocenters. The van der Waals surface area contributed by atoms with Crippen LogP contribution in [-0.2, 0) is 26.2 Å². The lowest BCUT2D eigenvalue weighted by atomic mass is 10.1. The summed E-state index contributed by atoms with van der Waals surface area (Å²) in [4.78, 5) is 29.1. The van der Waals surface area contributed by atoms with Crippen LogP contribution in [0.25, 0.3) is 0 Å². The molecule has 3 aromatic carbocycles. The summed E-state index contributed by atoms with van der Waals surface area (Å²) >= 11 is 6.09. The van der Waals surface area contributed by atoms with E-state index in [1.807, 2.05) is 53.7 Å². The third-order valence-corrected chi connectivity index (χ3v) is 9.20. The van der Waals surface area contributed by atoms with Gasteiger partial charge in [0.2, 0.25) is 11.8 Å². The van der Waals surface area contributed by atoms with Gasteiger partial charge in [-0.25, -0.2) is 8.42 Å². The maximum Gasteiger partial charge on any atom is 0.264 e. The number of nitrogens with one attached hydrogen (secondary N) is 1. The van der Waals surface area contributed by atoms with Crippen LogP contribution in [-0.4, -0.2) is 43.8 Å². The molecule has 1 N–H and O–H groups in total. The van der Waals surface area contributed by atoms with E-state index in [-0.39, 0.29) is 23.4 Å². The van der Waals surface area contributed by atoms with E-state index in [1.165, 1.54) is 4.90 Å². The molecule has 0 fully saturated rings. The number of hydrogen-bond acceptors (Lipinski definition) is 4. The van der Waals surface area contributed by atoms with Crippen LogP contribution < -0.4 is 9.62 Å². The van der Waals surface area contributed by atoms with Gasteiger partial charge in [0.25, 0.3) is 10.0 Å². The van der Waals surface area contributed by atoms with Crippen molar-refractivity contribution in [2.24, 2.45) is 0 Å². The molecule has 0 aromatic heterocycles. The van der Waals surface area contributed by atoms with Crippen molar-refractivity contribution in [3.63, 3.8) is 0 Å². The van der Waals surface area contributed by atoms with Gasteiger partial charge in [0.05, 0.1) is 10.6 Å². The lowest BCUT2D eigenvalue weighted by Crippen LogP contribution is -2.53. The van der Waals surface area contributed by atoms with Crippen molar-refractivity contribution in [3.8, 4) is 0 Å². The molecule has 9 heteroatoms. The quantitative estimate of drug-likeness (QED) is 0.270. The molecule has 0 bridgehead atoms. The highest BCUT2D eigenvalue weighted by atomic mass is 35.5. The second-order valence-electron chi connectivity index (χ2n) is 10.5. The van der Waals surface area contributed by atoms with E-state index < -0.39 is 28.5 Å². The van der Waals surface area contributed by atoms with Crippen LogP contribution in [0.5, 0.6) is 0 Å². The third-order valence-electron chi connectivity index (χ3n) is 7.17. The standard InChI is InChI=1S/C32H40ClN3O4S/c1-7-25(6)34-32(38)29(8-2)35(20-26-13-15-27(33)16-14-26)31(37)21-36(30-19-23(4)9-12-24(30)5)41(39,40)28-17-10-22(3)11-18-28/h9-19,25,29H,7-8,20-21H2,1-6H3,(H,34,38)/t25-,29+/m0/s1. The number of carbonyl (C=O) groups excluding carboxylic acids is 2. The Bertz CT molecular complexity index is 1460. The molecular weight excluding hydrogens is 558 g/mol. The lowest BCUT2D eigenvalue weighted by Gasteiger charge is -2.34. The van der Waals surface area contributed by atoms with Crippen molar-refractivity contribution in [1.29, 1.82) is 0 Å². The molecule has 2 amide bonds. The first-order valence-corrected chi connectivity index (χ1v) is 15.7. The topological polar surface area (TPSA) is 86.8 Å². The molecule has 0 aliphatic rings. The number of carbonyl (C=O) groups is 2. The Kier molecular flexibility index (Phi) is 11.0. The number of halogens is 1. The Morgan fingerprint density at radius 1 is 0.878 bits per heavy atom. The summed E-state index contributed by atoms with van der Waals surface area (Å²) in [6.07, 6.45) is 1.10. The zero-order valence-electron chi connectivity index (χ0n) is 24.6. The van der Waals surface area contributed by atoms with E-state index in [2.05, 4.69) is 5.32 Å². The number of amides is 2. The van der Waals surface area contributed by atoms with Gasteiger partial charge in [-0.1, -0.05) is 67.4 Å². The smallest absolute Gasteiger partial charge is 0.264 e. The fourth-order valence-corrected chi connectivity index (χ4v) is 6.08. The minimum absolute atomic E-state index is 0.0719. The minimum atomic E-state index is -4.12. The van der Waals surface area contributed by atoms with Crippen molar-refractivity contribution in [1.82, 2.24) is 10.2 Å². The van der Waals surface area contributed by atoms with Gasteiger partial charge in [-0.2, -0.15) is 0 Å². The van der Waals surface area contributed by atoms with Crippen LogP contribution in [0.2, 0.25) is 5.02 Å². The van der Waals surface area contributed by atoms with E-state index in [0.29, 0.717) is 22.7 Å². The monoisotopic (exact) mass is 597 g/mol. The largest absolute Gasteiger partial charge is 0.352 e. The summed E-state index contributed by atoms with van der Waals surface area (Å²) in [5.74, 6) is -0.758. The first-order chi connectivity index (χ1) is 19.4. The zero-order chi connectivity index (χ0) is 30.3. The molecule has 2 atom stereocenters. The Morgan fingerprint density at radius 2 is 1.49 bits per heavy atom. The molecule has 220 valence electrons. The van der Waals surface area contributed by atoms with Crippen molar-refractivity contribution in [2.75, 3.05) is 10.8 Å². The highest BCUT2D eigenvalue weighted by Gasteiger charge is 2.34. The normalized spacial score (nSPS) is 12.9. The Labute approximate surface area is 249 Å². The van der Waals surface area contributed by atoms with Gasteiger partial charge in [0, 0.05) is 17.6 Å². The van der Waals surface area contributed by atoms with Gasteiger partial charge in [-0.3, -0.25) is 13.9 Å². The number of benzene rings is 3. The summed E-state index contributed by atoms with van der Waals surface area (Å²) in [7, 11) is -4.12. The molecule has 0 aliphatic carbocycles. The van der Waals surface area contributed by atoms with E-state index >= 15 is 0 Å². The van der Waals surface area contributed by atoms with Crippen molar-refractivity contribution < 1.29 is 18.0 Å². The van der Waals surface area contributed by atoms with Gasteiger partial charge < -0.3 is 10.2 Å². The first kappa shape index (κ1) is 32.2. The maximum absolute atomic E-state index is 14.2. The molecule has 0 saturated heterocycles. The Balaban J connectivity index is 2.10. The number of nitrogens with zero attached hydrogens (tertiary/aromatic N) is 2. The predicted octanol–water partition coefficient (Wildman–Crippen LogP) is 6.18.